The van der Waals surface area contributed by atoms with Gasteiger partial charge in [-0.2, -0.15) is 0 Å². The number of rotatable bonds is 3. The molecular weight excluding hydrogens is 250 g/mol. The predicted octanol–water partition coefficient (Wildman–Crippen LogP) is 2.24. The first-order valence-electron chi connectivity index (χ1n) is 7.07. The number of imidazole rings is 1. The molecule has 1 aromatic carbocycles. The summed E-state index contributed by atoms with van der Waals surface area (Å²) in [5.74, 6) is 0.228. The molecule has 20 heavy (non-hydrogen) atoms. The molecule has 104 valence electrons. The average Bonchev–Trinajstić information content (AvgIpc) is 2.92. The molecule has 4 heteroatoms. The lowest BCUT2D eigenvalue weighted by molar-refractivity contribution is -0.132. The monoisotopic (exact) mass is 269 g/mol. The molecule has 1 aliphatic rings. The van der Waals surface area contributed by atoms with Crippen molar-refractivity contribution < 1.29 is 4.79 Å². The van der Waals surface area contributed by atoms with Crippen molar-refractivity contribution in [2.24, 2.45) is 0 Å². The van der Waals surface area contributed by atoms with Crippen LogP contribution < -0.4 is 0 Å². The fourth-order valence-electron chi connectivity index (χ4n) is 2.70. The highest BCUT2D eigenvalue weighted by Gasteiger charge is 2.21. The molecule has 0 saturated heterocycles. The molecule has 4 nitrogen and oxygen atoms in total. The standard InChI is InChI=1S/C16H19N3O/c1-12-3-2-4-13(9-12)5-6-16(20)19-8-7-14-15(10-19)18-11-17-14/h2-4,9,11H,5-8,10H2,1H3,(H,17,18). The van der Waals surface area contributed by atoms with Crippen molar-refractivity contribution in [3.8, 4) is 0 Å². The lowest BCUT2D eigenvalue weighted by Gasteiger charge is -2.26. The van der Waals surface area contributed by atoms with Gasteiger partial charge in [0.1, 0.15) is 0 Å². The number of aryl methyl sites for hydroxylation is 2. The molecule has 0 fully saturated rings. The van der Waals surface area contributed by atoms with Crippen LogP contribution in [0.4, 0.5) is 0 Å². The van der Waals surface area contributed by atoms with Gasteiger partial charge in [-0.3, -0.25) is 4.79 Å². The van der Waals surface area contributed by atoms with E-state index in [9.17, 15) is 4.79 Å². The summed E-state index contributed by atoms with van der Waals surface area (Å²) in [4.78, 5) is 21.6. The maximum absolute atomic E-state index is 12.3. The van der Waals surface area contributed by atoms with Crippen LogP contribution in [-0.4, -0.2) is 27.3 Å². The molecule has 1 aromatic heterocycles. The first-order valence-corrected chi connectivity index (χ1v) is 7.07. The van der Waals surface area contributed by atoms with Gasteiger partial charge < -0.3 is 9.88 Å². The van der Waals surface area contributed by atoms with Crippen LogP contribution in [0.2, 0.25) is 0 Å². The fourth-order valence-corrected chi connectivity index (χ4v) is 2.70. The number of H-pyrrole nitrogens is 1. The Labute approximate surface area is 118 Å². The Bertz CT molecular complexity index is 618. The summed E-state index contributed by atoms with van der Waals surface area (Å²) in [7, 11) is 0. The molecule has 2 aromatic rings. The number of aromatic nitrogens is 2. The average molecular weight is 269 g/mol. The minimum atomic E-state index is 0.228. The van der Waals surface area contributed by atoms with Gasteiger partial charge in [0.2, 0.25) is 5.91 Å². The Hall–Kier alpha value is -2.10. The van der Waals surface area contributed by atoms with Crippen molar-refractivity contribution in [2.75, 3.05) is 6.54 Å². The van der Waals surface area contributed by atoms with Gasteiger partial charge in [0.15, 0.2) is 0 Å². The molecule has 2 heterocycles. The maximum atomic E-state index is 12.3. The molecule has 0 unspecified atom stereocenters. The van der Waals surface area contributed by atoms with Crippen LogP contribution in [0.25, 0.3) is 0 Å². The van der Waals surface area contributed by atoms with Crippen LogP contribution in [0.5, 0.6) is 0 Å². The SMILES string of the molecule is Cc1cccc(CCC(=O)N2CCc3nc[nH]c3C2)c1. The molecule has 0 bridgehead atoms. The third kappa shape index (κ3) is 2.74. The van der Waals surface area contributed by atoms with Crippen molar-refractivity contribution in [2.45, 2.75) is 32.7 Å². The van der Waals surface area contributed by atoms with Crippen molar-refractivity contribution in [1.82, 2.24) is 14.9 Å². The zero-order valence-corrected chi connectivity index (χ0v) is 11.7. The van der Waals surface area contributed by atoms with E-state index in [1.54, 1.807) is 6.33 Å². The maximum Gasteiger partial charge on any atom is 0.223 e. The molecule has 1 amide bonds. The molecule has 0 radical (unpaired) electrons. The molecule has 0 aliphatic carbocycles. The summed E-state index contributed by atoms with van der Waals surface area (Å²) in [5.41, 5.74) is 4.67. The number of aromatic amines is 1. The molecule has 0 atom stereocenters. The first kappa shape index (κ1) is 12.9. The second-order valence-corrected chi connectivity index (χ2v) is 5.38. The second-order valence-electron chi connectivity index (χ2n) is 5.38. The van der Waals surface area contributed by atoms with E-state index in [0.717, 1.165) is 30.8 Å². The zero-order chi connectivity index (χ0) is 13.9. The second kappa shape index (κ2) is 5.49. The molecule has 3 rings (SSSR count). The normalized spacial score (nSPS) is 14.2. The van der Waals surface area contributed by atoms with Gasteiger partial charge in [-0.05, 0) is 18.9 Å². The third-order valence-corrected chi connectivity index (χ3v) is 3.84. The number of benzene rings is 1. The summed E-state index contributed by atoms with van der Waals surface area (Å²) in [5, 5.41) is 0. The highest BCUT2D eigenvalue weighted by Crippen LogP contribution is 2.16. The highest BCUT2D eigenvalue weighted by molar-refractivity contribution is 5.76. The summed E-state index contributed by atoms with van der Waals surface area (Å²) in [6.07, 6.45) is 3.96. The van der Waals surface area contributed by atoms with E-state index in [1.165, 1.54) is 11.1 Å². The minimum Gasteiger partial charge on any atom is -0.347 e. The number of fused-ring (bicyclic) bond motifs is 1. The largest absolute Gasteiger partial charge is 0.347 e. The summed E-state index contributed by atoms with van der Waals surface area (Å²) >= 11 is 0. The number of carbonyl (C=O) groups is 1. The summed E-state index contributed by atoms with van der Waals surface area (Å²) in [6, 6.07) is 8.36. The van der Waals surface area contributed by atoms with E-state index in [1.807, 2.05) is 11.0 Å². The van der Waals surface area contributed by atoms with E-state index in [4.69, 9.17) is 0 Å². The van der Waals surface area contributed by atoms with E-state index >= 15 is 0 Å². The van der Waals surface area contributed by atoms with Gasteiger partial charge in [-0.25, -0.2) is 4.98 Å². The number of nitrogens with zero attached hydrogens (tertiary/aromatic N) is 2. The lowest BCUT2D eigenvalue weighted by atomic mass is 10.1. The Morgan fingerprint density at radius 2 is 2.35 bits per heavy atom. The van der Waals surface area contributed by atoms with Crippen LogP contribution >= 0.6 is 0 Å². The molecule has 1 aliphatic heterocycles. The van der Waals surface area contributed by atoms with E-state index in [-0.39, 0.29) is 5.91 Å². The Balaban J connectivity index is 1.58. The minimum absolute atomic E-state index is 0.228. The number of nitrogens with one attached hydrogen (secondary N) is 1. The predicted molar refractivity (Wildman–Crippen MR) is 77.2 cm³/mol. The lowest BCUT2D eigenvalue weighted by Crippen LogP contribution is -2.36. The summed E-state index contributed by atoms with van der Waals surface area (Å²) < 4.78 is 0. The number of hydrogen-bond donors (Lipinski definition) is 1. The number of hydrogen-bond acceptors (Lipinski definition) is 2. The number of amides is 1. The molecule has 0 saturated carbocycles. The Morgan fingerprint density at radius 3 is 3.20 bits per heavy atom. The van der Waals surface area contributed by atoms with Crippen molar-refractivity contribution >= 4 is 5.91 Å². The van der Waals surface area contributed by atoms with Gasteiger partial charge in [0, 0.05) is 19.4 Å². The van der Waals surface area contributed by atoms with Gasteiger partial charge in [0.05, 0.1) is 24.3 Å². The Kier molecular flexibility index (Phi) is 3.54. The van der Waals surface area contributed by atoms with Crippen LogP contribution in [0.1, 0.15) is 28.9 Å². The Morgan fingerprint density at radius 1 is 1.45 bits per heavy atom. The quantitative estimate of drug-likeness (QED) is 0.929. The van der Waals surface area contributed by atoms with Gasteiger partial charge in [-0.15, -0.1) is 0 Å². The molecule has 0 spiro atoms. The van der Waals surface area contributed by atoms with E-state index < -0.39 is 0 Å². The first-order chi connectivity index (χ1) is 9.72. The highest BCUT2D eigenvalue weighted by atomic mass is 16.2. The van der Waals surface area contributed by atoms with Crippen LogP contribution in [0.15, 0.2) is 30.6 Å². The van der Waals surface area contributed by atoms with E-state index in [2.05, 4.69) is 35.1 Å². The fraction of sp³-hybridized carbons (Fsp3) is 0.375. The van der Waals surface area contributed by atoms with Crippen molar-refractivity contribution in [1.29, 1.82) is 0 Å². The smallest absolute Gasteiger partial charge is 0.223 e. The molecule has 1 N–H and O–H groups in total. The van der Waals surface area contributed by atoms with Crippen molar-refractivity contribution in [3.05, 3.63) is 53.1 Å². The van der Waals surface area contributed by atoms with Crippen LogP contribution in [0, 0.1) is 6.92 Å². The van der Waals surface area contributed by atoms with Gasteiger partial charge in [-0.1, -0.05) is 29.8 Å². The van der Waals surface area contributed by atoms with Crippen LogP contribution in [0.3, 0.4) is 0 Å². The van der Waals surface area contributed by atoms with Crippen LogP contribution in [-0.2, 0) is 24.2 Å². The molecular formula is C16H19N3O. The van der Waals surface area contributed by atoms with Gasteiger partial charge >= 0.3 is 0 Å². The topological polar surface area (TPSA) is 49.0 Å². The summed E-state index contributed by atoms with van der Waals surface area (Å²) in [6.45, 7) is 3.53. The van der Waals surface area contributed by atoms with Crippen molar-refractivity contribution in [3.63, 3.8) is 0 Å². The third-order valence-electron chi connectivity index (χ3n) is 3.84. The number of carbonyl (C=O) groups excluding carboxylic acids is 1. The zero-order valence-electron chi connectivity index (χ0n) is 11.7. The van der Waals surface area contributed by atoms with E-state index in [0.29, 0.717) is 13.0 Å². The van der Waals surface area contributed by atoms with Gasteiger partial charge in [0.25, 0.3) is 0 Å².